The minimum absolute atomic E-state index is 0.0764. The van der Waals surface area contributed by atoms with E-state index < -0.39 is 5.79 Å². The first kappa shape index (κ1) is 19.2. The zero-order valence-electron chi connectivity index (χ0n) is 13.9. The summed E-state index contributed by atoms with van der Waals surface area (Å²) in [6.45, 7) is 4.42. The molecule has 5 heteroatoms. The van der Waals surface area contributed by atoms with Crippen LogP contribution in [0, 0.1) is 0 Å². The third-order valence-electron chi connectivity index (χ3n) is 3.58. The largest absolute Gasteiger partial charge is 0.465 e. The third kappa shape index (κ3) is 6.05. The Morgan fingerprint density at radius 1 is 1.24 bits per heavy atom. The average molecular weight is 335 g/mol. The number of methoxy groups -OCH3 is 2. The van der Waals surface area contributed by atoms with E-state index in [1.165, 1.54) is 36.3 Å². The Balaban J connectivity index is 2.56. The first-order valence-electron chi connectivity index (χ1n) is 7.91. The van der Waals surface area contributed by atoms with E-state index in [0.29, 0.717) is 0 Å². The summed E-state index contributed by atoms with van der Waals surface area (Å²) in [5.74, 6) is 1.61. The van der Waals surface area contributed by atoms with Crippen molar-refractivity contribution in [3.05, 3.63) is 11.2 Å². The van der Waals surface area contributed by atoms with Crippen LogP contribution in [-0.4, -0.2) is 36.9 Å². The van der Waals surface area contributed by atoms with Gasteiger partial charge >= 0.3 is 0 Å². The zero-order chi connectivity index (χ0) is 15.6. The normalized spacial score (nSPS) is 23.5. The molecule has 2 atom stereocenters. The molecule has 1 heterocycles. The van der Waals surface area contributed by atoms with Gasteiger partial charge in [-0.15, -0.1) is 23.5 Å². The van der Waals surface area contributed by atoms with Gasteiger partial charge in [-0.2, -0.15) is 0 Å². The van der Waals surface area contributed by atoms with Gasteiger partial charge in [0.05, 0.1) is 6.26 Å². The van der Waals surface area contributed by atoms with Crippen LogP contribution in [-0.2, 0) is 14.2 Å². The fraction of sp³-hybridized carbons (Fsp3) is 0.875. The van der Waals surface area contributed by atoms with Crippen LogP contribution in [0.25, 0.3) is 0 Å². The highest BCUT2D eigenvalue weighted by Gasteiger charge is 2.43. The summed E-state index contributed by atoms with van der Waals surface area (Å²) in [4.78, 5) is 1.32. The standard InChI is InChI=1S/C16H30O3S2/c1-5-7-11-20-14-9-10-16(18-4,19-13-14)15(17-3)21-12-8-6-2/h13,15H,5-12H2,1-4H3. The molecule has 0 aromatic carbocycles. The van der Waals surface area contributed by atoms with Gasteiger partial charge in [0.15, 0.2) is 5.44 Å². The van der Waals surface area contributed by atoms with Gasteiger partial charge in [0.2, 0.25) is 5.79 Å². The van der Waals surface area contributed by atoms with Crippen molar-refractivity contribution in [3.8, 4) is 0 Å². The molecule has 0 amide bonds. The predicted molar refractivity (Wildman–Crippen MR) is 93.7 cm³/mol. The SMILES string of the molecule is CCCCSC1=COC(OC)(C(OC)SCCCC)CC1. The maximum Gasteiger partial charge on any atom is 0.245 e. The lowest BCUT2D eigenvalue weighted by Gasteiger charge is -2.39. The Morgan fingerprint density at radius 3 is 2.48 bits per heavy atom. The van der Waals surface area contributed by atoms with Crippen molar-refractivity contribution in [2.45, 2.75) is 63.6 Å². The van der Waals surface area contributed by atoms with Gasteiger partial charge in [-0.05, 0) is 30.8 Å². The van der Waals surface area contributed by atoms with Gasteiger partial charge < -0.3 is 14.2 Å². The lowest BCUT2D eigenvalue weighted by Crippen LogP contribution is -2.46. The van der Waals surface area contributed by atoms with Gasteiger partial charge in [-0.1, -0.05) is 26.7 Å². The molecule has 1 aliphatic rings. The highest BCUT2D eigenvalue weighted by atomic mass is 32.2. The van der Waals surface area contributed by atoms with Crippen molar-refractivity contribution in [2.24, 2.45) is 0 Å². The Labute approximate surface area is 138 Å². The lowest BCUT2D eigenvalue weighted by molar-refractivity contribution is -0.235. The Bertz CT molecular complexity index is 310. The number of ether oxygens (including phenoxy) is 3. The van der Waals surface area contributed by atoms with Crippen LogP contribution in [0.4, 0.5) is 0 Å². The second kappa shape index (κ2) is 10.8. The molecule has 124 valence electrons. The molecule has 0 saturated carbocycles. The number of allylic oxidation sites excluding steroid dienone is 1. The molecule has 0 saturated heterocycles. The van der Waals surface area contributed by atoms with Crippen molar-refractivity contribution >= 4 is 23.5 Å². The number of hydrogen-bond donors (Lipinski definition) is 0. The fourth-order valence-corrected chi connectivity index (χ4v) is 4.55. The van der Waals surface area contributed by atoms with Crippen LogP contribution in [0.5, 0.6) is 0 Å². The number of rotatable bonds is 11. The topological polar surface area (TPSA) is 27.7 Å². The fourth-order valence-electron chi connectivity index (χ4n) is 2.16. The van der Waals surface area contributed by atoms with E-state index in [1.807, 2.05) is 18.0 Å². The van der Waals surface area contributed by atoms with Gasteiger partial charge in [0, 0.05) is 25.5 Å². The summed E-state index contributed by atoms with van der Waals surface area (Å²) >= 11 is 3.70. The summed E-state index contributed by atoms with van der Waals surface area (Å²) in [6, 6.07) is 0. The summed E-state index contributed by atoms with van der Waals surface area (Å²) in [5, 5.41) is 0. The van der Waals surface area contributed by atoms with E-state index >= 15 is 0 Å². The molecule has 3 nitrogen and oxygen atoms in total. The summed E-state index contributed by atoms with van der Waals surface area (Å²) < 4.78 is 17.3. The third-order valence-corrected chi connectivity index (χ3v) is 6.12. The van der Waals surface area contributed by atoms with Gasteiger partial charge in [-0.3, -0.25) is 0 Å². The minimum Gasteiger partial charge on any atom is -0.465 e. The van der Waals surface area contributed by atoms with E-state index in [4.69, 9.17) is 14.2 Å². The van der Waals surface area contributed by atoms with Crippen molar-refractivity contribution < 1.29 is 14.2 Å². The maximum atomic E-state index is 5.99. The Morgan fingerprint density at radius 2 is 1.95 bits per heavy atom. The molecule has 0 aliphatic carbocycles. The van der Waals surface area contributed by atoms with Crippen LogP contribution >= 0.6 is 23.5 Å². The monoisotopic (exact) mass is 334 g/mol. The lowest BCUT2D eigenvalue weighted by atomic mass is 10.1. The first-order valence-corrected chi connectivity index (χ1v) is 9.95. The first-order chi connectivity index (χ1) is 10.2. The molecule has 2 unspecified atom stereocenters. The number of thioether (sulfide) groups is 2. The van der Waals surface area contributed by atoms with Gasteiger partial charge in [0.1, 0.15) is 0 Å². The Hall–Kier alpha value is 0.160. The molecular formula is C16H30O3S2. The Kier molecular flexibility index (Phi) is 9.89. The molecule has 0 radical (unpaired) electrons. The average Bonchev–Trinajstić information content (AvgIpc) is 2.53. The van der Waals surface area contributed by atoms with E-state index in [2.05, 4.69) is 13.8 Å². The minimum atomic E-state index is -0.637. The molecular weight excluding hydrogens is 304 g/mol. The molecule has 1 rings (SSSR count). The highest BCUT2D eigenvalue weighted by molar-refractivity contribution is 8.03. The van der Waals surface area contributed by atoms with Gasteiger partial charge in [0.25, 0.3) is 0 Å². The van der Waals surface area contributed by atoms with Crippen LogP contribution in [0.1, 0.15) is 52.4 Å². The van der Waals surface area contributed by atoms with Crippen molar-refractivity contribution in [3.63, 3.8) is 0 Å². The van der Waals surface area contributed by atoms with E-state index in [-0.39, 0.29) is 5.44 Å². The second-order valence-corrected chi connectivity index (χ2v) is 7.60. The van der Waals surface area contributed by atoms with E-state index in [9.17, 15) is 0 Å². The maximum absolute atomic E-state index is 5.99. The van der Waals surface area contributed by atoms with Crippen molar-refractivity contribution in [2.75, 3.05) is 25.7 Å². The van der Waals surface area contributed by atoms with Crippen molar-refractivity contribution in [1.29, 1.82) is 0 Å². The summed E-state index contributed by atoms with van der Waals surface area (Å²) in [6.07, 6.45) is 8.64. The van der Waals surface area contributed by atoms with Crippen LogP contribution in [0.3, 0.4) is 0 Å². The van der Waals surface area contributed by atoms with Crippen LogP contribution in [0.15, 0.2) is 11.2 Å². The van der Waals surface area contributed by atoms with E-state index in [1.54, 1.807) is 26.0 Å². The summed E-state index contributed by atoms with van der Waals surface area (Å²) in [5.41, 5.74) is -0.0764. The molecule has 0 aromatic heterocycles. The van der Waals surface area contributed by atoms with E-state index in [0.717, 1.165) is 18.6 Å². The van der Waals surface area contributed by atoms with Crippen LogP contribution in [0.2, 0.25) is 0 Å². The predicted octanol–water partition coefficient (Wildman–Crippen LogP) is 5.02. The molecule has 0 spiro atoms. The molecule has 21 heavy (non-hydrogen) atoms. The quantitative estimate of drug-likeness (QED) is 0.391. The zero-order valence-corrected chi connectivity index (χ0v) is 15.5. The second-order valence-electron chi connectivity index (χ2n) is 5.21. The van der Waals surface area contributed by atoms with Crippen LogP contribution < -0.4 is 0 Å². The molecule has 1 aliphatic heterocycles. The summed E-state index contributed by atoms with van der Waals surface area (Å²) in [7, 11) is 3.46. The molecule has 0 N–H and O–H groups in total. The smallest absolute Gasteiger partial charge is 0.245 e. The highest BCUT2D eigenvalue weighted by Crippen LogP contribution is 2.40. The van der Waals surface area contributed by atoms with Crippen molar-refractivity contribution in [1.82, 2.24) is 0 Å². The number of unbranched alkanes of at least 4 members (excludes halogenated alkanes) is 2. The number of hydrogen-bond acceptors (Lipinski definition) is 5. The molecule has 0 bridgehead atoms. The molecule has 0 fully saturated rings. The molecule has 0 aromatic rings. The van der Waals surface area contributed by atoms with Gasteiger partial charge in [-0.25, -0.2) is 0 Å².